The fourth-order valence-electron chi connectivity index (χ4n) is 2.26. The summed E-state index contributed by atoms with van der Waals surface area (Å²) >= 11 is 5.96. The highest BCUT2D eigenvalue weighted by molar-refractivity contribution is 6.31. The lowest BCUT2D eigenvalue weighted by Gasteiger charge is -2.07. The summed E-state index contributed by atoms with van der Waals surface area (Å²) in [4.78, 5) is 11.9. The zero-order valence-electron chi connectivity index (χ0n) is 11.8. The van der Waals surface area contributed by atoms with E-state index in [4.69, 9.17) is 26.5 Å². The summed E-state index contributed by atoms with van der Waals surface area (Å²) in [5.74, 6) is 0.327. The maximum atomic E-state index is 11.9. The molecule has 5 nitrogen and oxygen atoms in total. The van der Waals surface area contributed by atoms with Crippen LogP contribution in [0.25, 0.3) is 11.1 Å². The van der Waals surface area contributed by atoms with Crippen LogP contribution in [-0.2, 0) is 6.54 Å². The Morgan fingerprint density at radius 3 is 2.91 bits per heavy atom. The highest BCUT2D eigenvalue weighted by atomic mass is 35.5. The number of anilines is 1. The van der Waals surface area contributed by atoms with Crippen molar-refractivity contribution in [1.29, 1.82) is 0 Å². The number of hydrogen-bond acceptors (Lipinski definition) is 4. The zero-order chi connectivity index (χ0) is 15.5. The normalized spacial score (nSPS) is 11.0. The Hall–Kier alpha value is -2.40. The van der Waals surface area contributed by atoms with Crippen LogP contribution in [0.5, 0.6) is 5.75 Å². The lowest BCUT2D eigenvalue weighted by Crippen LogP contribution is -2.15. The molecule has 0 amide bonds. The second-order valence-corrected chi connectivity index (χ2v) is 5.34. The summed E-state index contributed by atoms with van der Waals surface area (Å²) in [6.45, 7) is 0.970. The Kier molecular flexibility index (Phi) is 4.06. The number of fused-ring (bicyclic) bond motifs is 1. The maximum absolute atomic E-state index is 11.9. The Morgan fingerprint density at radius 2 is 2.09 bits per heavy atom. The van der Waals surface area contributed by atoms with Gasteiger partial charge < -0.3 is 14.9 Å². The molecule has 6 heteroatoms. The molecule has 0 saturated heterocycles. The van der Waals surface area contributed by atoms with Crippen molar-refractivity contribution >= 4 is 28.4 Å². The number of hydrogen-bond donors (Lipinski definition) is 1. The largest absolute Gasteiger partial charge is 0.493 e. The van der Waals surface area contributed by atoms with Crippen LogP contribution in [0.2, 0.25) is 5.02 Å². The Morgan fingerprint density at radius 1 is 1.23 bits per heavy atom. The molecular weight excluding hydrogens is 304 g/mol. The first-order valence-electron chi connectivity index (χ1n) is 6.91. The number of ether oxygens (including phenoxy) is 1. The predicted octanol–water partition coefficient (Wildman–Crippen LogP) is 3.30. The molecular formula is C16H15ClN2O3. The van der Waals surface area contributed by atoms with Gasteiger partial charge in [0.15, 0.2) is 5.58 Å². The van der Waals surface area contributed by atoms with Gasteiger partial charge in [0.05, 0.1) is 12.1 Å². The number of nitrogens with zero attached hydrogens (tertiary/aromatic N) is 1. The molecule has 3 aromatic rings. The lowest BCUT2D eigenvalue weighted by atomic mass is 10.3. The summed E-state index contributed by atoms with van der Waals surface area (Å²) in [6.07, 6.45) is 0.663. The average Bonchev–Trinajstić information content (AvgIpc) is 2.79. The van der Waals surface area contributed by atoms with Gasteiger partial charge in [-0.15, -0.1) is 0 Å². The first-order chi connectivity index (χ1) is 10.6. The highest BCUT2D eigenvalue weighted by Gasteiger charge is 2.09. The van der Waals surface area contributed by atoms with Crippen LogP contribution in [0.4, 0.5) is 5.69 Å². The lowest BCUT2D eigenvalue weighted by molar-refractivity contribution is 0.300. The highest BCUT2D eigenvalue weighted by Crippen LogP contribution is 2.19. The second kappa shape index (κ2) is 6.15. The van der Waals surface area contributed by atoms with E-state index >= 15 is 0 Å². The van der Waals surface area contributed by atoms with Crippen LogP contribution in [0.1, 0.15) is 6.42 Å². The first-order valence-corrected chi connectivity index (χ1v) is 7.28. The molecule has 0 fully saturated rings. The van der Waals surface area contributed by atoms with E-state index in [1.165, 1.54) is 0 Å². The molecule has 0 aliphatic heterocycles. The molecule has 0 aliphatic rings. The molecule has 0 radical (unpaired) electrons. The molecule has 22 heavy (non-hydrogen) atoms. The van der Waals surface area contributed by atoms with Crippen LogP contribution < -0.4 is 16.2 Å². The summed E-state index contributed by atoms with van der Waals surface area (Å²) in [7, 11) is 0. The minimum atomic E-state index is -0.388. The number of nitrogen functional groups attached to an aromatic ring is 1. The van der Waals surface area contributed by atoms with Crippen molar-refractivity contribution in [2.45, 2.75) is 13.0 Å². The van der Waals surface area contributed by atoms with E-state index in [-0.39, 0.29) is 5.76 Å². The fourth-order valence-corrected chi connectivity index (χ4v) is 2.43. The smallest absolute Gasteiger partial charge is 0.419 e. The Bertz CT molecular complexity index is 854. The average molecular weight is 319 g/mol. The molecule has 2 N–H and O–H groups in total. The third-order valence-electron chi connectivity index (χ3n) is 3.28. The quantitative estimate of drug-likeness (QED) is 0.579. The molecule has 3 rings (SSSR count). The number of oxazole rings is 1. The molecule has 1 aromatic heterocycles. The van der Waals surface area contributed by atoms with Gasteiger partial charge >= 0.3 is 5.76 Å². The van der Waals surface area contributed by atoms with E-state index in [1.54, 1.807) is 34.9 Å². The minimum absolute atomic E-state index is 0.388. The van der Waals surface area contributed by atoms with E-state index in [1.807, 2.05) is 12.1 Å². The van der Waals surface area contributed by atoms with E-state index in [2.05, 4.69) is 0 Å². The van der Waals surface area contributed by atoms with E-state index < -0.39 is 0 Å². The Balaban J connectivity index is 1.66. The van der Waals surface area contributed by atoms with Crippen LogP contribution in [0.15, 0.2) is 51.7 Å². The van der Waals surface area contributed by atoms with Gasteiger partial charge in [0.2, 0.25) is 0 Å². The van der Waals surface area contributed by atoms with Crippen LogP contribution in [0.3, 0.4) is 0 Å². The van der Waals surface area contributed by atoms with Crippen LogP contribution >= 0.6 is 11.6 Å². The first kappa shape index (κ1) is 14.5. The van der Waals surface area contributed by atoms with Gasteiger partial charge in [-0.05, 0) is 36.8 Å². The van der Waals surface area contributed by atoms with Crippen molar-refractivity contribution in [2.24, 2.45) is 0 Å². The van der Waals surface area contributed by atoms with Crippen molar-refractivity contribution in [3.8, 4) is 5.75 Å². The van der Waals surface area contributed by atoms with Gasteiger partial charge in [0, 0.05) is 23.3 Å². The van der Waals surface area contributed by atoms with Gasteiger partial charge in [-0.1, -0.05) is 17.7 Å². The SMILES string of the molecule is Nc1cccc(OCCCn2c(=O)oc3ccc(Cl)cc32)c1. The topological polar surface area (TPSA) is 70.4 Å². The standard InChI is InChI=1S/C16H15ClN2O3/c17-11-5-6-15-14(9-11)19(16(20)22-15)7-2-8-21-13-4-1-3-12(18)10-13/h1,3-6,9-10H,2,7-8,18H2. The van der Waals surface area contributed by atoms with Gasteiger partial charge in [-0.2, -0.15) is 0 Å². The summed E-state index contributed by atoms with van der Waals surface area (Å²) in [5, 5.41) is 0.568. The van der Waals surface area contributed by atoms with Gasteiger partial charge in [0.25, 0.3) is 0 Å². The van der Waals surface area contributed by atoms with Crippen molar-refractivity contribution in [3.05, 3.63) is 58.0 Å². The number of nitrogens with two attached hydrogens (primary N) is 1. The molecule has 0 unspecified atom stereocenters. The summed E-state index contributed by atoms with van der Waals surface area (Å²) in [5.41, 5.74) is 7.57. The molecule has 0 atom stereocenters. The number of rotatable bonds is 5. The molecule has 0 saturated carbocycles. The molecule has 0 aliphatic carbocycles. The monoisotopic (exact) mass is 318 g/mol. The predicted molar refractivity (Wildman–Crippen MR) is 86.5 cm³/mol. The van der Waals surface area contributed by atoms with E-state index in [9.17, 15) is 4.79 Å². The van der Waals surface area contributed by atoms with Gasteiger partial charge in [-0.25, -0.2) is 4.79 Å². The second-order valence-electron chi connectivity index (χ2n) is 4.91. The van der Waals surface area contributed by atoms with Crippen molar-refractivity contribution in [1.82, 2.24) is 4.57 Å². The fraction of sp³-hybridized carbons (Fsp3) is 0.188. The van der Waals surface area contributed by atoms with Crippen molar-refractivity contribution < 1.29 is 9.15 Å². The minimum Gasteiger partial charge on any atom is -0.493 e. The molecule has 0 spiro atoms. The van der Waals surface area contributed by atoms with Crippen LogP contribution in [-0.4, -0.2) is 11.2 Å². The molecule has 0 bridgehead atoms. The Labute approximate surface area is 131 Å². The summed E-state index contributed by atoms with van der Waals surface area (Å²) in [6, 6.07) is 12.3. The number of aryl methyl sites for hydroxylation is 1. The van der Waals surface area contributed by atoms with Crippen LogP contribution in [0, 0.1) is 0 Å². The molecule has 2 aromatic carbocycles. The summed E-state index contributed by atoms with van der Waals surface area (Å²) < 4.78 is 12.3. The third-order valence-corrected chi connectivity index (χ3v) is 3.52. The number of aromatic nitrogens is 1. The van der Waals surface area contributed by atoms with Gasteiger partial charge in [-0.3, -0.25) is 4.57 Å². The van der Waals surface area contributed by atoms with Crippen molar-refractivity contribution in [3.63, 3.8) is 0 Å². The zero-order valence-corrected chi connectivity index (χ0v) is 12.5. The van der Waals surface area contributed by atoms with E-state index in [0.717, 1.165) is 0 Å². The third kappa shape index (κ3) is 3.09. The van der Waals surface area contributed by atoms with Crippen molar-refractivity contribution in [2.75, 3.05) is 12.3 Å². The number of halogens is 1. The molecule has 114 valence electrons. The van der Waals surface area contributed by atoms with Gasteiger partial charge in [0.1, 0.15) is 5.75 Å². The molecule has 1 heterocycles. The van der Waals surface area contributed by atoms with E-state index in [0.29, 0.717) is 47.1 Å². The number of benzene rings is 2. The maximum Gasteiger partial charge on any atom is 0.419 e.